The van der Waals surface area contributed by atoms with Crippen molar-refractivity contribution in [1.82, 2.24) is 14.9 Å². The minimum absolute atomic E-state index is 0.0362. The Labute approximate surface area is 166 Å². The third-order valence-corrected chi connectivity index (χ3v) is 6.11. The van der Waals surface area contributed by atoms with Crippen molar-refractivity contribution in [3.05, 3.63) is 70.3 Å². The summed E-state index contributed by atoms with van der Waals surface area (Å²) in [4.78, 5) is 35.8. The normalized spacial score (nSPS) is 15.5. The van der Waals surface area contributed by atoms with E-state index in [4.69, 9.17) is 4.74 Å². The Bertz CT molecular complexity index is 1040. The fraction of sp³-hybridized carbons (Fsp3) is 0.286. The molecule has 1 aliphatic heterocycles. The van der Waals surface area contributed by atoms with Gasteiger partial charge in [-0.05, 0) is 30.2 Å². The van der Waals surface area contributed by atoms with Crippen molar-refractivity contribution in [3.63, 3.8) is 0 Å². The van der Waals surface area contributed by atoms with Gasteiger partial charge in [-0.15, -0.1) is 11.8 Å². The summed E-state index contributed by atoms with van der Waals surface area (Å²) in [6.07, 6.45) is 0.713. The van der Waals surface area contributed by atoms with E-state index in [-0.39, 0.29) is 23.3 Å². The molecular formula is C21H21N3O3S. The molecule has 1 amide bonds. The number of ether oxygens (including phenoxy) is 1. The van der Waals surface area contributed by atoms with E-state index in [2.05, 4.69) is 22.1 Å². The molecule has 1 aliphatic rings. The van der Waals surface area contributed by atoms with E-state index in [1.165, 1.54) is 5.56 Å². The Morgan fingerprint density at radius 1 is 1.25 bits per heavy atom. The molecule has 28 heavy (non-hydrogen) atoms. The number of benzene rings is 2. The van der Waals surface area contributed by atoms with Crippen molar-refractivity contribution >= 4 is 28.6 Å². The lowest BCUT2D eigenvalue weighted by molar-refractivity contribution is -0.131. The molecule has 0 fully saturated rings. The van der Waals surface area contributed by atoms with E-state index in [1.54, 1.807) is 35.9 Å². The Hall–Kier alpha value is -2.64. The van der Waals surface area contributed by atoms with Crippen LogP contribution in [-0.2, 0) is 22.5 Å². The number of H-pyrrole nitrogens is 1. The standard InChI is InChI=1S/C21H21N3O3S/c1-27-11-10-24(21(26)18-12-14-6-2-5-9-17(14)28-18)13-19-22-16-8-4-3-7-15(16)20(25)23-19/h2-9,18H,10-13H2,1H3,(H,22,23,25). The highest BCUT2D eigenvalue weighted by molar-refractivity contribution is 8.01. The summed E-state index contributed by atoms with van der Waals surface area (Å²) >= 11 is 1.60. The predicted octanol–water partition coefficient (Wildman–Crippen LogP) is 2.62. The van der Waals surface area contributed by atoms with Crippen molar-refractivity contribution in [3.8, 4) is 0 Å². The van der Waals surface area contributed by atoms with Gasteiger partial charge in [0.25, 0.3) is 5.56 Å². The van der Waals surface area contributed by atoms with E-state index >= 15 is 0 Å². The highest BCUT2D eigenvalue weighted by Gasteiger charge is 2.31. The number of aromatic nitrogens is 2. The molecular weight excluding hydrogens is 374 g/mol. The molecule has 4 rings (SSSR count). The van der Waals surface area contributed by atoms with Gasteiger partial charge in [-0.2, -0.15) is 0 Å². The van der Waals surface area contributed by atoms with Crippen LogP contribution in [0.25, 0.3) is 10.9 Å². The maximum atomic E-state index is 13.2. The second-order valence-electron chi connectivity index (χ2n) is 6.70. The molecule has 2 aromatic carbocycles. The van der Waals surface area contributed by atoms with Crippen molar-refractivity contribution < 1.29 is 9.53 Å². The summed E-state index contributed by atoms with van der Waals surface area (Å²) in [6.45, 7) is 1.11. The van der Waals surface area contributed by atoms with Gasteiger partial charge >= 0.3 is 0 Å². The fourth-order valence-corrected chi connectivity index (χ4v) is 4.66. The van der Waals surface area contributed by atoms with Crippen LogP contribution in [0.5, 0.6) is 0 Å². The molecule has 0 saturated carbocycles. The van der Waals surface area contributed by atoms with E-state index in [0.29, 0.717) is 36.3 Å². The lowest BCUT2D eigenvalue weighted by atomic mass is 10.1. The molecule has 144 valence electrons. The number of carbonyl (C=O) groups excluding carboxylic acids is 1. The van der Waals surface area contributed by atoms with E-state index in [1.807, 2.05) is 24.3 Å². The summed E-state index contributed by atoms with van der Waals surface area (Å²) in [5, 5.41) is 0.379. The first-order valence-corrected chi connectivity index (χ1v) is 10.0. The fourth-order valence-electron chi connectivity index (χ4n) is 3.38. The van der Waals surface area contributed by atoms with Crippen LogP contribution in [0, 0.1) is 0 Å². The Morgan fingerprint density at radius 2 is 2.04 bits per heavy atom. The molecule has 6 nitrogen and oxygen atoms in total. The molecule has 0 saturated heterocycles. The number of rotatable bonds is 6. The lowest BCUT2D eigenvalue weighted by Crippen LogP contribution is -2.40. The van der Waals surface area contributed by atoms with Crippen LogP contribution in [0.15, 0.2) is 58.2 Å². The van der Waals surface area contributed by atoms with Gasteiger partial charge in [0.05, 0.1) is 29.3 Å². The van der Waals surface area contributed by atoms with Gasteiger partial charge in [0.2, 0.25) is 5.91 Å². The van der Waals surface area contributed by atoms with E-state index in [0.717, 1.165) is 4.90 Å². The van der Waals surface area contributed by atoms with Gasteiger partial charge in [-0.25, -0.2) is 4.98 Å². The quantitative estimate of drug-likeness (QED) is 0.694. The van der Waals surface area contributed by atoms with Crippen LogP contribution in [0.1, 0.15) is 11.4 Å². The number of hydrogen-bond donors (Lipinski definition) is 1. The Morgan fingerprint density at radius 3 is 2.86 bits per heavy atom. The number of aromatic amines is 1. The zero-order valence-corrected chi connectivity index (χ0v) is 16.4. The number of methoxy groups -OCH3 is 1. The minimum atomic E-state index is -0.192. The molecule has 1 aromatic heterocycles. The van der Waals surface area contributed by atoms with Crippen molar-refractivity contribution in [2.45, 2.75) is 23.1 Å². The highest BCUT2D eigenvalue weighted by atomic mass is 32.2. The number of thioether (sulfide) groups is 1. The molecule has 1 atom stereocenters. The molecule has 2 heterocycles. The van der Waals surface area contributed by atoms with Gasteiger partial charge in [0, 0.05) is 18.6 Å². The Balaban J connectivity index is 1.57. The topological polar surface area (TPSA) is 75.3 Å². The van der Waals surface area contributed by atoms with Crippen LogP contribution >= 0.6 is 11.8 Å². The number of amides is 1. The molecule has 0 aliphatic carbocycles. The lowest BCUT2D eigenvalue weighted by Gasteiger charge is -2.24. The van der Waals surface area contributed by atoms with Gasteiger partial charge in [0.1, 0.15) is 5.82 Å². The number of nitrogens with zero attached hydrogens (tertiary/aromatic N) is 2. The van der Waals surface area contributed by atoms with Crippen LogP contribution in [-0.4, -0.2) is 46.3 Å². The summed E-state index contributed by atoms with van der Waals surface area (Å²) in [7, 11) is 1.61. The van der Waals surface area contributed by atoms with Crippen LogP contribution < -0.4 is 5.56 Å². The summed E-state index contributed by atoms with van der Waals surface area (Å²) in [5.41, 5.74) is 1.64. The van der Waals surface area contributed by atoms with Gasteiger partial charge < -0.3 is 14.6 Å². The SMILES string of the molecule is COCCN(Cc1nc2ccccc2c(=O)[nH]1)C(=O)C1Cc2ccccc2S1. The minimum Gasteiger partial charge on any atom is -0.383 e. The molecule has 1 unspecified atom stereocenters. The summed E-state index contributed by atoms with van der Waals surface area (Å²) in [5.74, 6) is 0.516. The zero-order chi connectivity index (χ0) is 19.5. The van der Waals surface area contributed by atoms with E-state index < -0.39 is 0 Å². The summed E-state index contributed by atoms with van der Waals surface area (Å²) in [6, 6.07) is 15.3. The maximum absolute atomic E-state index is 13.2. The van der Waals surface area contributed by atoms with Gasteiger partial charge in [-0.1, -0.05) is 30.3 Å². The van der Waals surface area contributed by atoms with Crippen LogP contribution in [0.4, 0.5) is 0 Å². The van der Waals surface area contributed by atoms with E-state index in [9.17, 15) is 9.59 Å². The van der Waals surface area contributed by atoms with Crippen molar-refractivity contribution in [2.75, 3.05) is 20.3 Å². The predicted molar refractivity (Wildman–Crippen MR) is 109 cm³/mol. The molecule has 7 heteroatoms. The van der Waals surface area contributed by atoms with Crippen molar-refractivity contribution in [1.29, 1.82) is 0 Å². The number of carbonyl (C=O) groups is 1. The monoisotopic (exact) mass is 395 g/mol. The number of hydrogen-bond acceptors (Lipinski definition) is 5. The smallest absolute Gasteiger partial charge is 0.258 e. The second kappa shape index (κ2) is 8.16. The maximum Gasteiger partial charge on any atom is 0.258 e. The van der Waals surface area contributed by atoms with Crippen LogP contribution in [0.2, 0.25) is 0 Å². The molecule has 0 radical (unpaired) electrons. The third kappa shape index (κ3) is 3.81. The summed E-state index contributed by atoms with van der Waals surface area (Å²) < 4.78 is 5.19. The number of fused-ring (bicyclic) bond motifs is 2. The zero-order valence-electron chi connectivity index (χ0n) is 15.6. The molecule has 0 spiro atoms. The first kappa shape index (κ1) is 18.7. The largest absolute Gasteiger partial charge is 0.383 e. The number of nitrogens with one attached hydrogen (secondary N) is 1. The first-order valence-electron chi connectivity index (χ1n) is 9.16. The second-order valence-corrected chi connectivity index (χ2v) is 7.95. The van der Waals surface area contributed by atoms with Crippen molar-refractivity contribution in [2.24, 2.45) is 0 Å². The average molecular weight is 395 g/mol. The third-order valence-electron chi connectivity index (χ3n) is 4.80. The first-order chi connectivity index (χ1) is 13.7. The number of para-hydroxylation sites is 1. The average Bonchev–Trinajstić information content (AvgIpc) is 3.15. The van der Waals surface area contributed by atoms with Gasteiger partial charge in [-0.3, -0.25) is 9.59 Å². The molecule has 1 N–H and O–H groups in total. The Kier molecular flexibility index (Phi) is 5.45. The highest BCUT2D eigenvalue weighted by Crippen LogP contribution is 2.37. The molecule has 3 aromatic rings. The van der Waals surface area contributed by atoms with Crippen LogP contribution in [0.3, 0.4) is 0 Å². The van der Waals surface area contributed by atoms with Gasteiger partial charge in [0.15, 0.2) is 0 Å². The molecule has 0 bridgehead atoms.